The molecule has 3 fully saturated rings. The third-order valence-corrected chi connectivity index (χ3v) is 6.63. The number of likely N-dealkylation sites (tertiary alicyclic amines) is 1. The Morgan fingerprint density at radius 1 is 1.07 bits per heavy atom. The summed E-state index contributed by atoms with van der Waals surface area (Å²) in [6.07, 6.45) is 5.56. The number of piperidine rings is 1. The molecule has 28 heavy (non-hydrogen) atoms. The molecule has 0 radical (unpaired) electrons. The molecule has 160 valence electrons. The van der Waals surface area contributed by atoms with Gasteiger partial charge in [-0.3, -0.25) is 14.6 Å². The van der Waals surface area contributed by atoms with Crippen molar-refractivity contribution in [2.24, 2.45) is 5.92 Å². The zero-order valence-corrected chi connectivity index (χ0v) is 17.6. The van der Waals surface area contributed by atoms with E-state index >= 15 is 0 Å². The van der Waals surface area contributed by atoms with Gasteiger partial charge in [0.15, 0.2) is 6.23 Å². The summed E-state index contributed by atoms with van der Waals surface area (Å²) in [7, 11) is 5.47. The molecule has 0 aromatic heterocycles. The first-order valence-corrected chi connectivity index (χ1v) is 10.6. The van der Waals surface area contributed by atoms with E-state index in [0.29, 0.717) is 6.54 Å². The SMILES string of the molecule is COC(=O)CN1CCN(C2OC(=O)N(C)C2CCCC2CCN(C)CC2)CC1. The van der Waals surface area contributed by atoms with Crippen molar-refractivity contribution in [3.8, 4) is 0 Å². The van der Waals surface area contributed by atoms with Crippen LogP contribution in [-0.4, -0.2) is 111 Å². The van der Waals surface area contributed by atoms with Gasteiger partial charge in [0.1, 0.15) is 0 Å². The molecule has 0 aliphatic carbocycles. The highest BCUT2D eigenvalue weighted by Gasteiger charge is 2.43. The van der Waals surface area contributed by atoms with E-state index in [1.165, 1.54) is 39.5 Å². The summed E-state index contributed by atoms with van der Waals surface area (Å²) in [6.45, 7) is 5.91. The van der Waals surface area contributed by atoms with E-state index < -0.39 is 0 Å². The van der Waals surface area contributed by atoms with Crippen LogP contribution in [0.25, 0.3) is 0 Å². The number of hydrogen-bond donors (Lipinski definition) is 0. The molecule has 2 unspecified atom stereocenters. The third kappa shape index (κ3) is 5.36. The van der Waals surface area contributed by atoms with E-state index in [-0.39, 0.29) is 24.3 Å². The van der Waals surface area contributed by atoms with Crippen LogP contribution >= 0.6 is 0 Å². The van der Waals surface area contributed by atoms with Crippen LogP contribution in [0.15, 0.2) is 0 Å². The maximum atomic E-state index is 12.2. The standard InChI is InChI=1S/C20H36N4O4/c1-21-9-7-16(8-10-21)5-4-6-17-19(28-20(26)22(17)2)24-13-11-23(12-14-24)15-18(25)27-3/h16-17,19H,4-15H2,1-3H3. The van der Waals surface area contributed by atoms with Crippen molar-refractivity contribution < 1.29 is 19.1 Å². The molecular weight excluding hydrogens is 360 g/mol. The van der Waals surface area contributed by atoms with Crippen LogP contribution in [0, 0.1) is 5.92 Å². The monoisotopic (exact) mass is 396 g/mol. The van der Waals surface area contributed by atoms with Crippen molar-refractivity contribution in [1.29, 1.82) is 0 Å². The Morgan fingerprint density at radius 3 is 2.39 bits per heavy atom. The average Bonchev–Trinajstić information content (AvgIpc) is 2.98. The highest BCUT2D eigenvalue weighted by molar-refractivity contribution is 5.71. The van der Waals surface area contributed by atoms with Gasteiger partial charge in [0.2, 0.25) is 0 Å². The van der Waals surface area contributed by atoms with E-state index in [1.807, 2.05) is 7.05 Å². The van der Waals surface area contributed by atoms with Gasteiger partial charge in [-0.05, 0) is 45.3 Å². The van der Waals surface area contributed by atoms with E-state index in [0.717, 1.165) is 44.9 Å². The minimum atomic E-state index is -0.216. The molecule has 3 aliphatic heterocycles. The van der Waals surface area contributed by atoms with Crippen molar-refractivity contribution in [3.63, 3.8) is 0 Å². The molecule has 0 saturated carbocycles. The molecular formula is C20H36N4O4. The minimum Gasteiger partial charge on any atom is -0.468 e. The molecule has 3 heterocycles. The molecule has 0 bridgehead atoms. The first-order valence-electron chi connectivity index (χ1n) is 10.6. The number of methoxy groups -OCH3 is 1. The Kier molecular flexibility index (Phi) is 7.54. The predicted octanol–water partition coefficient (Wildman–Crippen LogP) is 1.07. The minimum absolute atomic E-state index is 0.117. The Labute approximate surface area is 168 Å². The first kappa shape index (κ1) is 21.3. The fraction of sp³-hybridized carbons (Fsp3) is 0.900. The summed E-state index contributed by atoms with van der Waals surface area (Å²) >= 11 is 0. The van der Waals surface area contributed by atoms with Gasteiger partial charge >= 0.3 is 12.1 Å². The van der Waals surface area contributed by atoms with Crippen molar-refractivity contribution in [1.82, 2.24) is 19.6 Å². The normalized spacial score (nSPS) is 28.5. The Hall–Kier alpha value is -1.38. The summed E-state index contributed by atoms with van der Waals surface area (Å²) in [4.78, 5) is 32.2. The van der Waals surface area contributed by atoms with Crippen LogP contribution in [-0.2, 0) is 14.3 Å². The lowest BCUT2D eigenvalue weighted by Gasteiger charge is -2.38. The van der Waals surface area contributed by atoms with Gasteiger partial charge in [-0.2, -0.15) is 0 Å². The number of carbonyl (C=O) groups excluding carboxylic acids is 2. The lowest BCUT2D eigenvalue weighted by Crippen LogP contribution is -2.54. The number of likely N-dealkylation sites (N-methyl/N-ethyl adjacent to an activating group) is 1. The van der Waals surface area contributed by atoms with Crippen LogP contribution < -0.4 is 0 Å². The topological polar surface area (TPSA) is 65.6 Å². The largest absolute Gasteiger partial charge is 0.468 e. The van der Waals surface area contributed by atoms with Crippen LogP contribution in [0.2, 0.25) is 0 Å². The van der Waals surface area contributed by atoms with Gasteiger partial charge < -0.3 is 19.3 Å². The number of nitrogens with zero attached hydrogens (tertiary/aromatic N) is 4. The van der Waals surface area contributed by atoms with Crippen LogP contribution in [0.5, 0.6) is 0 Å². The van der Waals surface area contributed by atoms with Gasteiger partial charge in [0.25, 0.3) is 0 Å². The molecule has 0 spiro atoms. The average molecular weight is 397 g/mol. The van der Waals surface area contributed by atoms with Gasteiger partial charge in [-0.25, -0.2) is 4.79 Å². The zero-order valence-electron chi connectivity index (χ0n) is 17.6. The zero-order chi connectivity index (χ0) is 20.1. The molecule has 0 aromatic carbocycles. The second kappa shape index (κ2) is 9.89. The molecule has 3 aliphatic rings. The Balaban J connectivity index is 1.46. The molecule has 2 atom stereocenters. The van der Waals surface area contributed by atoms with Crippen molar-refractivity contribution in [3.05, 3.63) is 0 Å². The second-order valence-corrected chi connectivity index (χ2v) is 8.52. The highest BCUT2D eigenvalue weighted by atomic mass is 16.6. The van der Waals surface area contributed by atoms with E-state index in [4.69, 9.17) is 9.47 Å². The van der Waals surface area contributed by atoms with E-state index in [2.05, 4.69) is 21.7 Å². The summed E-state index contributed by atoms with van der Waals surface area (Å²) in [5, 5.41) is 0. The van der Waals surface area contributed by atoms with E-state index in [9.17, 15) is 9.59 Å². The Morgan fingerprint density at radius 2 is 1.75 bits per heavy atom. The maximum absolute atomic E-state index is 12.2. The second-order valence-electron chi connectivity index (χ2n) is 8.52. The summed E-state index contributed by atoms with van der Waals surface area (Å²) in [5.41, 5.74) is 0. The molecule has 3 saturated heterocycles. The number of carbonyl (C=O) groups is 2. The number of rotatable bonds is 7. The smallest absolute Gasteiger partial charge is 0.411 e. The van der Waals surface area contributed by atoms with Crippen LogP contribution in [0.3, 0.4) is 0 Å². The highest BCUT2D eigenvalue weighted by Crippen LogP contribution is 2.28. The van der Waals surface area contributed by atoms with E-state index in [1.54, 1.807) is 4.90 Å². The fourth-order valence-corrected chi connectivity index (χ4v) is 4.64. The third-order valence-electron chi connectivity index (χ3n) is 6.63. The first-order chi connectivity index (χ1) is 13.5. The number of amides is 1. The molecule has 8 nitrogen and oxygen atoms in total. The molecule has 0 N–H and O–H groups in total. The number of ether oxygens (including phenoxy) is 2. The van der Waals surface area contributed by atoms with Gasteiger partial charge in [-0.15, -0.1) is 0 Å². The van der Waals surface area contributed by atoms with Crippen LogP contribution in [0.4, 0.5) is 4.79 Å². The summed E-state index contributed by atoms with van der Waals surface area (Å²) < 4.78 is 10.5. The number of hydrogen-bond acceptors (Lipinski definition) is 7. The molecule has 3 rings (SSSR count). The van der Waals surface area contributed by atoms with Crippen LogP contribution in [0.1, 0.15) is 32.1 Å². The molecule has 8 heteroatoms. The number of cyclic esters (lactones) is 1. The quantitative estimate of drug-likeness (QED) is 0.596. The van der Waals surface area contributed by atoms with Gasteiger partial charge in [0.05, 0.1) is 19.7 Å². The fourth-order valence-electron chi connectivity index (χ4n) is 4.64. The lowest BCUT2D eigenvalue weighted by atomic mass is 9.90. The lowest BCUT2D eigenvalue weighted by molar-refractivity contribution is -0.142. The number of esters is 1. The predicted molar refractivity (Wildman–Crippen MR) is 106 cm³/mol. The maximum Gasteiger partial charge on any atom is 0.411 e. The summed E-state index contributed by atoms with van der Waals surface area (Å²) in [6, 6.07) is 0.117. The van der Waals surface area contributed by atoms with Gasteiger partial charge in [-0.1, -0.05) is 12.8 Å². The molecule has 1 amide bonds. The number of piperazine rings is 1. The van der Waals surface area contributed by atoms with Crippen molar-refractivity contribution in [2.75, 3.05) is 67.0 Å². The summed E-state index contributed by atoms with van der Waals surface area (Å²) in [5.74, 6) is 0.618. The van der Waals surface area contributed by atoms with Crippen molar-refractivity contribution in [2.45, 2.75) is 44.4 Å². The molecule has 0 aromatic rings. The van der Waals surface area contributed by atoms with Gasteiger partial charge in [0, 0.05) is 33.2 Å². The van der Waals surface area contributed by atoms with Crippen molar-refractivity contribution >= 4 is 12.1 Å². The Bertz CT molecular complexity index is 530.